The van der Waals surface area contributed by atoms with E-state index in [2.05, 4.69) is 10.6 Å². The Hall–Kier alpha value is -1.95. The Labute approximate surface area is 91.3 Å². The minimum absolute atomic E-state index is 0.156. The lowest BCUT2D eigenvalue weighted by Crippen LogP contribution is -2.26. The van der Waals surface area contributed by atoms with E-state index in [1.807, 2.05) is 0 Å². The maximum Gasteiger partial charge on any atom is 0.243 e. The normalized spacial score (nSPS) is 9.62. The molecule has 0 saturated heterocycles. The minimum atomic E-state index is -0.594. The van der Waals surface area contributed by atoms with Crippen molar-refractivity contribution in [1.82, 2.24) is 5.32 Å². The smallest absolute Gasteiger partial charge is 0.243 e. The van der Waals surface area contributed by atoms with Crippen LogP contribution in [0.25, 0.3) is 0 Å². The van der Waals surface area contributed by atoms with E-state index >= 15 is 0 Å². The molecule has 1 aromatic carbocycles. The summed E-state index contributed by atoms with van der Waals surface area (Å²) in [7, 11) is 0. The van der Waals surface area contributed by atoms with Crippen LogP contribution in [0.15, 0.2) is 18.2 Å². The predicted molar refractivity (Wildman–Crippen MR) is 55.0 cm³/mol. The van der Waals surface area contributed by atoms with Crippen molar-refractivity contribution < 1.29 is 19.1 Å². The summed E-state index contributed by atoms with van der Waals surface area (Å²) in [5.74, 6) is -1.05. The highest BCUT2D eigenvalue weighted by molar-refractivity contribution is 5.93. The van der Waals surface area contributed by atoms with Crippen molar-refractivity contribution in [3.63, 3.8) is 0 Å². The van der Waals surface area contributed by atoms with Crippen LogP contribution in [0, 0.1) is 5.82 Å². The zero-order chi connectivity index (χ0) is 12.0. The van der Waals surface area contributed by atoms with Gasteiger partial charge in [0.2, 0.25) is 12.3 Å². The fourth-order valence-electron chi connectivity index (χ4n) is 1.09. The average Bonchev–Trinajstić information content (AvgIpc) is 2.26. The molecule has 16 heavy (non-hydrogen) atoms. The molecule has 0 heterocycles. The molecular weight excluding hydrogens is 215 g/mol. The molecule has 0 fully saturated rings. The summed E-state index contributed by atoms with van der Waals surface area (Å²) in [6, 6.07) is 3.94. The fourth-order valence-corrected chi connectivity index (χ4v) is 1.09. The summed E-state index contributed by atoms with van der Waals surface area (Å²) in [4.78, 5) is 21.1. The second-order valence-corrected chi connectivity index (χ2v) is 3.01. The summed E-state index contributed by atoms with van der Waals surface area (Å²) in [5, 5.41) is 13.3. The number of anilines is 1. The molecule has 0 bridgehead atoms. The van der Waals surface area contributed by atoms with Crippen LogP contribution in [0.2, 0.25) is 0 Å². The van der Waals surface area contributed by atoms with Crippen LogP contribution in [-0.4, -0.2) is 24.0 Å². The first kappa shape index (κ1) is 12.1. The molecule has 0 aromatic heterocycles. The number of aliphatic hydroxyl groups is 1. The number of carbonyl (C=O) groups is 2. The van der Waals surface area contributed by atoms with Crippen LogP contribution in [-0.2, 0) is 16.2 Å². The zero-order valence-electron chi connectivity index (χ0n) is 8.37. The number of amides is 2. The molecule has 0 spiro atoms. The molecule has 6 heteroatoms. The number of halogens is 1. The van der Waals surface area contributed by atoms with E-state index in [0.717, 1.165) is 6.07 Å². The summed E-state index contributed by atoms with van der Waals surface area (Å²) in [6.45, 7) is -0.570. The first-order valence-corrected chi connectivity index (χ1v) is 4.53. The molecule has 3 N–H and O–H groups in total. The molecule has 0 unspecified atom stereocenters. The second-order valence-electron chi connectivity index (χ2n) is 3.01. The van der Waals surface area contributed by atoms with Crippen LogP contribution >= 0.6 is 0 Å². The zero-order valence-corrected chi connectivity index (χ0v) is 8.37. The van der Waals surface area contributed by atoms with Gasteiger partial charge in [0, 0.05) is 11.3 Å². The van der Waals surface area contributed by atoms with Crippen molar-refractivity contribution in [2.45, 2.75) is 6.61 Å². The van der Waals surface area contributed by atoms with Gasteiger partial charge in [0.1, 0.15) is 5.82 Å². The molecule has 0 saturated carbocycles. The van der Waals surface area contributed by atoms with E-state index in [0.29, 0.717) is 6.41 Å². The Morgan fingerprint density at radius 1 is 1.50 bits per heavy atom. The molecule has 1 rings (SSSR count). The van der Waals surface area contributed by atoms with Gasteiger partial charge in [-0.15, -0.1) is 0 Å². The van der Waals surface area contributed by atoms with E-state index < -0.39 is 18.3 Å². The van der Waals surface area contributed by atoms with Crippen molar-refractivity contribution in [3.8, 4) is 0 Å². The van der Waals surface area contributed by atoms with E-state index in [4.69, 9.17) is 5.11 Å². The minimum Gasteiger partial charge on any atom is -0.392 e. The number of rotatable bonds is 5. The molecule has 2 amide bonds. The van der Waals surface area contributed by atoms with Crippen LogP contribution < -0.4 is 10.6 Å². The van der Waals surface area contributed by atoms with Gasteiger partial charge in [-0.3, -0.25) is 9.59 Å². The van der Waals surface area contributed by atoms with Crippen LogP contribution in [0.4, 0.5) is 10.1 Å². The van der Waals surface area contributed by atoms with E-state index in [1.165, 1.54) is 12.1 Å². The molecule has 0 aliphatic heterocycles. The van der Waals surface area contributed by atoms with Crippen LogP contribution in [0.5, 0.6) is 0 Å². The Bertz CT molecular complexity index is 396. The highest BCUT2D eigenvalue weighted by Crippen LogP contribution is 2.14. The summed E-state index contributed by atoms with van der Waals surface area (Å²) >= 11 is 0. The number of hydrogen-bond donors (Lipinski definition) is 3. The molecule has 0 radical (unpaired) electrons. The topological polar surface area (TPSA) is 78.4 Å². The largest absolute Gasteiger partial charge is 0.392 e. The van der Waals surface area contributed by atoms with Gasteiger partial charge in [0.25, 0.3) is 0 Å². The highest BCUT2D eigenvalue weighted by atomic mass is 19.1. The van der Waals surface area contributed by atoms with Crippen molar-refractivity contribution >= 4 is 18.0 Å². The maximum absolute atomic E-state index is 13.2. The molecule has 0 atom stereocenters. The number of benzene rings is 1. The molecule has 0 aliphatic rings. The van der Waals surface area contributed by atoms with Gasteiger partial charge in [-0.1, -0.05) is 6.07 Å². The molecule has 1 aromatic rings. The summed E-state index contributed by atoms with van der Waals surface area (Å²) < 4.78 is 13.2. The lowest BCUT2D eigenvalue weighted by molar-refractivity contribution is -0.118. The van der Waals surface area contributed by atoms with Gasteiger partial charge in [-0.05, 0) is 12.1 Å². The lowest BCUT2D eigenvalue weighted by atomic mass is 10.2. The third-order valence-electron chi connectivity index (χ3n) is 1.85. The van der Waals surface area contributed by atoms with Gasteiger partial charge in [0.15, 0.2) is 0 Å². The third-order valence-corrected chi connectivity index (χ3v) is 1.85. The van der Waals surface area contributed by atoms with Gasteiger partial charge in [-0.2, -0.15) is 0 Å². The fraction of sp³-hybridized carbons (Fsp3) is 0.200. The Kier molecular flexibility index (Phi) is 4.41. The molecule has 86 valence electrons. The van der Waals surface area contributed by atoms with Crippen molar-refractivity contribution in [1.29, 1.82) is 0 Å². The van der Waals surface area contributed by atoms with Crippen molar-refractivity contribution in [2.75, 3.05) is 11.9 Å². The van der Waals surface area contributed by atoms with Gasteiger partial charge >= 0.3 is 0 Å². The molecule has 0 aliphatic carbocycles. The average molecular weight is 226 g/mol. The maximum atomic E-state index is 13.2. The highest BCUT2D eigenvalue weighted by Gasteiger charge is 2.05. The van der Waals surface area contributed by atoms with Crippen molar-refractivity contribution in [3.05, 3.63) is 29.6 Å². The van der Waals surface area contributed by atoms with Gasteiger partial charge in [0.05, 0.1) is 13.2 Å². The summed E-state index contributed by atoms with van der Waals surface area (Å²) in [6.07, 6.45) is 0.398. The number of nitrogens with one attached hydrogen (secondary N) is 2. The van der Waals surface area contributed by atoms with Gasteiger partial charge < -0.3 is 15.7 Å². The first-order chi connectivity index (χ1) is 7.67. The Balaban J connectivity index is 2.64. The molecular formula is C10H11FN2O3. The Morgan fingerprint density at radius 2 is 2.25 bits per heavy atom. The van der Waals surface area contributed by atoms with E-state index in [-0.39, 0.29) is 17.8 Å². The first-order valence-electron chi connectivity index (χ1n) is 4.53. The molecule has 5 nitrogen and oxygen atoms in total. The van der Waals surface area contributed by atoms with E-state index in [9.17, 15) is 14.0 Å². The predicted octanol–water partition coefficient (Wildman–Crippen LogP) is 0.00250. The number of aliphatic hydroxyl groups excluding tert-OH is 1. The monoisotopic (exact) mass is 226 g/mol. The second kappa shape index (κ2) is 5.82. The quantitative estimate of drug-likeness (QED) is 0.618. The Morgan fingerprint density at radius 3 is 2.81 bits per heavy atom. The third kappa shape index (κ3) is 3.32. The van der Waals surface area contributed by atoms with Gasteiger partial charge in [-0.25, -0.2) is 4.39 Å². The standard InChI is InChI=1S/C10H11FN2O3/c11-9-3-8(2-1-7(9)5-14)13-10(16)4-12-6-15/h1-3,6,14H,4-5H2,(H,12,15)(H,13,16). The van der Waals surface area contributed by atoms with Crippen LogP contribution in [0.3, 0.4) is 0 Å². The van der Waals surface area contributed by atoms with Crippen molar-refractivity contribution in [2.24, 2.45) is 0 Å². The lowest BCUT2D eigenvalue weighted by Gasteiger charge is -2.06. The number of hydrogen-bond acceptors (Lipinski definition) is 3. The van der Waals surface area contributed by atoms with Crippen LogP contribution in [0.1, 0.15) is 5.56 Å². The summed E-state index contributed by atoms with van der Waals surface area (Å²) in [5.41, 5.74) is 0.427. The van der Waals surface area contributed by atoms with E-state index in [1.54, 1.807) is 0 Å². The number of carbonyl (C=O) groups excluding carboxylic acids is 2. The SMILES string of the molecule is O=CNCC(=O)Nc1ccc(CO)c(F)c1.